The average molecular weight is 292 g/mol. The van der Waals surface area contributed by atoms with Crippen molar-refractivity contribution in [2.24, 2.45) is 0 Å². The minimum absolute atomic E-state index is 0.200. The van der Waals surface area contributed by atoms with Gasteiger partial charge in [0.1, 0.15) is 18.1 Å². The topological polar surface area (TPSA) is 44.8 Å². The number of esters is 1. The van der Waals surface area contributed by atoms with Gasteiger partial charge in [0, 0.05) is 6.08 Å². The highest BCUT2D eigenvalue weighted by molar-refractivity contribution is 5.82. The zero-order chi connectivity index (χ0) is 15.7. The molecule has 1 atom stereocenters. The lowest BCUT2D eigenvalue weighted by Crippen LogP contribution is -2.09. The smallest absolute Gasteiger partial charge is 0.330 e. The SMILES string of the molecule is CCOC(=O)/C=C(\C)COc1ccc(OC(C)CC)cc1. The molecule has 0 aliphatic carbocycles. The minimum Gasteiger partial charge on any atom is -0.491 e. The molecule has 1 aromatic carbocycles. The molecule has 4 nitrogen and oxygen atoms in total. The van der Waals surface area contributed by atoms with Gasteiger partial charge < -0.3 is 14.2 Å². The molecule has 1 aromatic rings. The maximum absolute atomic E-state index is 11.3. The van der Waals surface area contributed by atoms with E-state index in [-0.39, 0.29) is 12.1 Å². The van der Waals surface area contributed by atoms with E-state index in [2.05, 4.69) is 6.92 Å². The normalized spacial score (nSPS) is 12.7. The second-order valence-corrected chi connectivity index (χ2v) is 4.84. The van der Waals surface area contributed by atoms with Crippen molar-refractivity contribution >= 4 is 5.97 Å². The molecule has 1 unspecified atom stereocenters. The molecule has 0 aliphatic heterocycles. The minimum atomic E-state index is -0.337. The molecule has 0 radical (unpaired) electrons. The van der Waals surface area contributed by atoms with Crippen LogP contribution in [-0.2, 0) is 9.53 Å². The van der Waals surface area contributed by atoms with E-state index in [1.54, 1.807) is 6.92 Å². The first-order chi connectivity index (χ1) is 10.0. The van der Waals surface area contributed by atoms with Gasteiger partial charge in [0.25, 0.3) is 0 Å². The summed E-state index contributed by atoms with van der Waals surface area (Å²) in [5.41, 5.74) is 0.813. The fourth-order valence-corrected chi connectivity index (χ4v) is 1.55. The van der Waals surface area contributed by atoms with Crippen LogP contribution in [0.25, 0.3) is 0 Å². The summed E-state index contributed by atoms with van der Waals surface area (Å²) in [7, 11) is 0. The number of hydrogen-bond acceptors (Lipinski definition) is 4. The first kappa shape index (κ1) is 17.1. The summed E-state index contributed by atoms with van der Waals surface area (Å²) < 4.78 is 16.1. The van der Waals surface area contributed by atoms with Gasteiger partial charge in [-0.15, -0.1) is 0 Å². The van der Waals surface area contributed by atoms with Gasteiger partial charge >= 0.3 is 5.97 Å². The van der Waals surface area contributed by atoms with Gasteiger partial charge in [0.15, 0.2) is 0 Å². The van der Waals surface area contributed by atoms with Gasteiger partial charge in [-0.2, -0.15) is 0 Å². The number of hydrogen-bond donors (Lipinski definition) is 0. The molecule has 0 aliphatic rings. The van der Waals surface area contributed by atoms with Crippen molar-refractivity contribution in [2.45, 2.75) is 40.2 Å². The van der Waals surface area contributed by atoms with Crippen LogP contribution in [0, 0.1) is 0 Å². The van der Waals surface area contributed by atoms with Crippen LogP contribution in [0.4, 0.5) is 0 Å². The van der Waals surface area contributed by atoms with E-state index in [0.717, 1.165) is 23.5 Å². The van der Waals surface area contributed by atoms with Crippen molar-refractivity contribution < 1.29 is 19.0 Å². The molecule has 0 aromatic heterocycles. The van der Waals surface area contributed by atoms with Gasteiger partial charge in [-0.25, -0.2) is 4.79 Å². The Hall–Kier alpha value is -1.97. The second kappa shape index (κ2) is 9.06. The Morgan fingerprint density at radius 1 is 1.19 bits per heavy atom. The summed E-state index contributed by atoms with van der Waals surface area (Å²) in [5, 5.41) is 0. The van der Waals surface area contributed by atoms with Crippen molar-refractivity contribution in [3.05, 3.63) is 35.9 Å². The summed E-state index contributed by atoms with van der Waals surface area (Å²) in [5.74, 6) is 1.23. The summed E-state index contributed by atoms with van der Waals surface area (Å²) >= 11 is 0. The van der Waals surface area contributed by atoms with Crippen molar-refractivity contribution in [1.82, 2.24) is 0 Å². The number of benzene rings is 1. The highest BCUT2D eigenvalue weighted by Crippen LogP contribution is 2.19. The lowest BCUT2D eigenvalue weighted by atomic mass is 10.3. The van der Waals surface area contributed by atoms with Crippen LogP contribution in [0.1, 0.15) is 34.1 Å². The van der Waals surface area contributed by atoms with Gasteiger partial charge in [0.05, 0.1) is 12.7 Å². The van der Waals surface area contributed by atoms with Crippen LogP contribution < -0.4 is 9.47 Å². The van der Waals surface area contributed by atoms with E-state index < -0.39 is 0 Å². The average Bonchev–Trinajstić information content (AvgIpc) is 2.46. The van der Waals surface area contributed by atoms with E-state index in [1.807, 2.05) is 38.1 Å². The van der Waals surface area contributed by atoms with E-state index >= 15 is 0 Å². The van der Waals surface area contributed by atoms with E-state index in [1.165, 1.54) is 6.08 Å². The standard InChI is InChI=1S/C17H24O4/c1-5-14(4)21-16-9-7-15(8-10-16)20-12-13(3)11-17(18)19-6-2/h7-11,14H,5-6,12H2,1-4H3/b13-11+. The quantitative estimate of drug-likeness (QED) is 0.540. The fourth-order valence-electron chi connectivity index (χ4n) is 1.55. The highest BCUT2D eigenvalue weighted by atomic mass is 16.5. The van der Waals surface area contributed by atoms with Gasteiger partial charge in [-0.05, 0) is 57.0 Å². The zero-order valence-corrected chi connectivity index (χ0v) is 13.2. The Bertz CT molecular complexity index is 462. The Labute approximate surface area is 126 Å². The summed E-state index contributed by atoms with van der Waals surface area (Å²) in [4.78, 5) is 11.3. The van der Waals surface area contributed by atoms with Crippen LogP contribution in [0.3, 0.4) is 0 Å². The first-order valence-electron chi connectivity index (χ1n) is 7.28. The number of rotatable bonds is 8. The van der Waals surface area contributed by atoms with E-state index in [4.69, 9.17) is 14.2 Å². The van der Waals surface area contributed by atoms with Crippen molar-refractivity contribution in [2.75, 3.05) is 13.2 Å². The molecule has 4 heteroatoms. The maximum atomic E-state index is 11.3. The zero-order valence-electron chi connectivity index (χ0n) is 13.2. The lowest BCUT2D eigenvalue weighted by Gasteiger charge is -2.13. The second-order valence-electron chi connectivity index (χ2n) is 4.84. The third kappa shape index (κ3) is 6.84. The van der Waals surface area contributed by atoms with E-state index in [9.17, 15) is 4.79 Å². The summed E-state index contributed by atoms with van der Waals surface area (Å²) in [6.45, 7) is 8.46. The Morgan fingerprint density at radius 3 is 2.38 bits per heavy atom. The molecular weight excluding hydrogens is 268 g/mol. The third-order valence-corrected chi connectivity index (χ3v) is 2.85. The lowest BCUT2D eigenvalue weighted by molar-refractivity contribution is -0.137. The van der Waals surface area contributed by atoms with Gasteiger partial charge in [0.2, 0.25) is 0 Å². The summed E-state index contributed by atoms with van der Waals surface area (Å²) in [6.07, 6.45) is 2.62. The molecule has 0 saturated carbocycles. The molecule has 1 rings (SSSR count). The molecule has 0 N–H and O–H groups in total. The van der Waals surface area contributed by atoms with Crippen LogP contribution in [0.5, 0.6) is 11.5 Å². The molecular formula is C17H24O4. The maximum Gasteiger partial charge on any atom is 0.330 e. The van der Waals surface area contributed by atoms with Gasteiger partial charge in [-0.3, -0.25) is 0 Å². The summed E-state index contributed by atoms with van der Waals surface area (Å²) in [6, 6.07) is 7.47. The Balaban J connectivity index is 2.47. The number of ether oxygens (including phenoxy) is 3. The fraction of sp³-hybridized carbons (Fsp3) is 0.471. The highest BCUT2D eigenvalue weighted by Gasteiger charge is 2.02. The van der Waals surface area contributed by atoms with Crippen molar-refractivity contribution in [3.63, 3.8) is 0 Å². The molecule has 0 saturated heterocycles. The van der Waals surface area contributed by atoms with Crippen LogP contribution >= 0.6 is 0 Å². The Kier molecular flexibility index (Phi) is 7.37. The molecule has 0 bridgehead atoms. The molecule has 0 fully saturated rings. The predicted octanol–water partition coefficient (Wildman–Crippen LogP) is 3.75. The largest absolute Gasteiger partial charge is 0.491 e. The Morgan fingerprint density at radius 2 is 1.81 bits per heavy atom. The molecule has 0 heterocycles. The van der Waals surface area contributed by atoms with Crippen LogP contribution in [0.15, 0.2) is 35.9 Å². The van der Waals surface area contributed by atoms with Gasteiger partial charge in [-0.1, -0.05) is 6.92 Å². The van der Waals surface area contributed by atoms with Crippen molar-refractivity contribution in [3.8, 4) is 11.5 Å². The molecule has 0 spiro atoms. The monoisotopic (exact) mass is 292 g/mol. The van der Waals surface area contributed by atoms with E-state index in [0.29, 0.717) is 13.2 Å². The third-order valence-electron chi connectivity index (χ3n) is 2.85. The predicted molar refractivity (Wildman–Crippen MR) is 82.7 cm³/mol. The molecule has 21 heavy (non-hydrogen) atoms. The van der Waals surface area contributed by atoms with Crippen LogP contribution in [0.2, 0.25) is 0 Å². The number of carbonyl (C=O) groups is 1. The molecule has 116 valence electrons. The van der Waals surface area contributed by atoms with Crippen molar-refractivity contribution in [1.29, 1.82) is 0 Å². The van der Waals surface area contributed by atoms with Crippen LogP contribution in [-0.4, -0.2) is 25.3 Å². The first-order valence-corrected chi connectivity index (χ1v) is 7.28. The number of carbonyl (C=O) groups excluding carboxylic acids is 1. The molecule has 0 amide bonds.